The van der Waals surface area contributed by atoms with E-state index in [9.17, 15) is 10.1 Å². The molecule has 1 N–H and O–H groups in total. The number of hydrogen-bond acceptors (Lipinski definition) is 5. The van der Waals surface area contributed by atoms with E-state index in [0.29, 0.717) is 5.52 Å². The minimum atomic E-state index is -0.490. The molecule has 2 rings (SSSR count). The summed E-state index contributed by atoms with van der Waals surface area (Å²) in [4.78, 5) is 10.8. The number of pyridine rings is 1. The number of fused-ring (bicyclic) bond motifs is 1. The molecule has 0 saturated heterocycles. The Hall–Kier alpha value is -2.15. The van der Waals surface area contributed by atoms with Gasteiger partial charge in [-0.1, -0.05) is 0 Å². The van der Waals surface area contributed by atoms with Crippen molar-refractivity contribution in [2.24, 2.45) is 0 Å². The van der Waals surface area contributed by atoms with Crippen LogP contribution in [0.2, 0.25) is 0 Å². The van der Waals surface area contributed by atoms with Gasteiger partial charge in [0.25, 0.3) is 0 Å². The third-order valence-corrected chi connectivity index (χ3v) is 3.68. The number of hydrogen-bond donors (Lipinski definition) is 1. The molecule has 2 heterocycles. The first kappa shape index (κ1) is 14.3. The molecule has 0 atom stereocenters. The first-order chi connectivity index (χ1) is 9.40. The molecule has 2 aromatic heterocycles. The molecular weight excluding hydrogens is 262 g/mol. The highest BCUT2D eigenvalue weighted by atomic mass is 16.6. The number of aryl methyl sites for hydroxylation is 2. The van der Waals surface area contributed by atoms with Crippen molar-refractivity contribution >= 4 is 11.2 Å². The topological polar surface area (TPSA) is 89.9 Å². The van der Waals surface area contributed by atoms with Crippen molar-refractivity contribution in [3.05, 3.63) is 32.5 Å². The van der Waals surface area contributed by atoms with Crippen molar-refractivity contribution in [1.82, 2.24) is 9.61 Å². The third kappa shape index (κ3) is 2.00. The first-order valence-corrected chi connectivity index (χ1v) is 6.27. The van der Waals surface area contributed by atoms with Gasteiger partial charge in [0.1, 0.15) is 6.61 Å². The third-order valence-electron chi connectivity index (χ3n) is 3.68. The molecule has 0 bridgehead atoms. The van der Waals surface area contributed by atoms with Gasteiger partial charge in [0.15, 0.2) is 5.52 Å². The molecule has 0 aliphatic carbocycles. The largest absolute Gasteiger partial charge is 0.469 e. The molecule has 2 aromatic rings. The van der Waals surface area contributed by atoms with Crippen molar-refractivity contribution in [3.8, 4) is 5.88 Å². The van der Waals surface area contributed by atoms with Gasteiger partial charge < -0.3 is 9.84 Å². The van der Waals surface area contributed by atoms with E-state index in [1.54, 1.807) is 4.52 Å². The summed E-state index contributed by atoms with van der Waals surface area (Å²) in [6.45, 7) is 7.34. The van der Waals surface area contributed by atoms with Crippen molar-refractivity contribution in [1.29, 1.82) is 0 Å². The number of ether oxygens (including phenoxy) is 1. The van der Waals surface area contributed by atoms with Crippen LogP contribution in [0.15, 0.2) is 0 Å². The molecule has 0 saturated carbocycles. The molecule has 0 radical (unpaired) electrons. The summed E-state index contributed by atoms with van der Waals surface area (Å²) in [5.74, 6) is -0.0553. The first-order valence-electron chi connectivity index (χ1n) is 6.27. The van der Waals surface area contributed by atoms with E-state index in [1.165, 1.54) is 0 Å². The van der Waals surface area contributed by atoms with Gasteiger partial charge in [0.05, 0.1) is 11.5 Å². The van der Waals surface area contributed by atoms with Gasteiger partial charge >= 0.3 is 11.6 Å². The lowest BCUT2D eigenvalue weighted by atomic mass is 10.0. The van der Waals surface area contributed by atoms with Gasteiger partial charge in [0.2, 0.25) is 0 Å². The summed E-state index contributed by atoms with van der Waals surface area (Å²) in [6, 6.07) is 0. The Kier molecular flexibility index (Phi) is 3.63. The molecule has 0 aliphatic heterocycles. The minimum Gasteiger partial charge on any atom is -0.469 e. The molecule has 0 spiro atoms. The zero-order valence-corrected chi connectivity index (χ0v) is 11.9. The van der Waals surface area contributed by atoms with Gasteiger partial charge in [-0.3, -0.25) is 10.1 Å². The lowest BCUT2D eigenvalue weighted by Crippen LogP contribution is -2.04. The van der Waals surface area contributed by atoms with Crippen LogP contribution in [0.3, 0.4) is 0 Å². The second-order valence-corrected chi connectivity index (χ2v) is 4.70. The van der Waals surface area contributed by atoms with E-state index in [1.807, 2.05) is 27.7 Å². The van der Waals surface area contributed by atoms with Crippen LogP contribution in [0.25, 0.3) is 5.52 Å². The van der Waals surface area contributed by atoms with E-state index in [0.717, 1.165) is 22.4 Å². The smallest absolute Gasteiger partial charge is 0.358 e. The number of nitrogens with zero attached hydrogens (tertiary/aromatic N) is 3. The monoisotopic (exact) mass is 279 g/mol. The fraction of sp³-hybridized carbons (Fsp3) is 0.462. The molecule has 0 aliphatic rings. The lowest BCUT2D eigenvalue weighted by molar-refractivity contribution is -0.384. The van der Waals surface area contributed by atoms with E-state index >= 15 is 0 Å². The van der Waals surface area contributed by atoms with Gasteiger partial charge in [-0.05, 0) is 44.4 Å². The average Bonchev–Trinajstić information content (AvgIpc) is 2.80. The van der Waals surface area contributed by atoms with Crippen LogP contribution in [0.5, 0.6) is 5.88 Å². The van der Waals surface area contributed by atoms with Gasteiger partial charge in [-0.2, -0.15) is 0 Å². The Balaban J connectivity index is 2.84. The number of rotatable bonds is 4. The molecule has 20 heavy (non-hydrogen) atoms. The van der Waals surface area contributed by atoms with Crippen molar-refractivity contribution in [3.63, 3.8) is 0 Å². The zero-order valence-electron chi connectivity index (χ0n) is 11.9. The number of aliphatic hydroxyl groups excluding tert-OH is 1. The maximum atomic E-state index is 11.3. The maximum absolute atomic E-state index is 11.3. The zero-order chi connectivity index (χ0) is 15.0. The second kappa shape index (κ2) is 5.09. The molecule has 7 nitrogen and oxygen atoms in total. The van der Waals surface area contributed by atoms with Crippen molar-refractivity contribution < 1.29 is 14.8 Å². The van der Waals surface area contributed by atoms with Crippen LogP contribution in [0.4, 0.5) is 5.69 Å². The van der Waals surface area contributed by atoms with Gasteiger partial charge in [-0.15, -0.1) is 5.10 Å². The van der Waals surface area contributed by atoms with E-state index < -0.39 is 4.92 Å². The van der Waals surface area contributed by atoms with Gasteiger partial charge in [0, 0.05) is 5.69 Å². The molecule has 0 fully saturated rings. The Morgan fingerprint density at radius 1 is 1.25 bits per heavy atom. The van der Waals surface area contributed by atoms with E-state index in [-0.39, 0.29) is 24.8 Å². The highest BCUT2D eigenvalue weighted by molar-refractivity contribution is 5.76. The predicted molar refractivity (Wildman–Crippen MR) is 73.4 cm³/mol. The number of aliphatic hydroxyl groups is 1. The summed E-state index contributed by atoms with van der Waals surface area (Å²) >= 11 is 0. The summed E-state index contributed by atoms with van der Waals surface area (Å²) in [5, 5.41) is 24.3. The Bertz CT molecular complexity index is 691. The fourth-order valence-electron chi connectivity index (χ4n) is 2.26. The van der Waals surface area contributed by atoms with Gasteiger partial charge in [-0.25, -0.2) is 4.52 Å². The second-order valence-electron chi connectivity index (χ2n) is 4.70. The quantitative estimate of drug-likeness (QED) is 0.681. The van der Waals surface area contributed by atoms with E-state index in [4.69, 9.17) is 9.84 Å². The molecule has 0 amide bonds. The van der Waals surface area contributed by atoms with E-state index in [2.05, 4.69) is 5.10 Å². The summed E-state index contributed by atoms with van der Waals surface area (Å²) < 4.78 is 6.74. The Morgan fingerprint density at radius 3 is 2.45 bits per heavy atom. The minimum absolute atomic E-state index is 0.0270. The van der Waals surface area contributed by atoms with Crippen molar-refractivity contribution in [2.45, 2.75) is 27.7 Å². The molecule has 0 unspecified atom stereocenters. The van der Waals surface area contributed by atoms with Crippen LogP contribution < -0.4 is 4.74 Å². The summed E-state index contributed by atoms with van der Waals surface area (Å²) in [7, 11) is 0. The van der Waals surface area contributed by atoms with Crippen LogP contribution >= 0.6 is 0 Å². The lowest BCUT2D eigenvalue weighted by Gasteiger charge is -2.10. The SMILES string of the molecule is Cc1c(C)c(C)n2nc(OCCO)c([N+](=O)[O-])c2c1C. The molecule has 0 aromatic carbocycles. The Morgan fingerprint density at radius 2 is 1.90 bits per heavy atom. The molecule has 108 valence electrons. The number of nitro groups is 1. The highest BCUT2D eigenvalue weighted by Gasteiger charge is 2.28. The fourth-order valence-corrected chi connectivity index (χ4v) is 2.26. The average molecular weight is 279 g/mol. The van der Waals surface area contributed by atoms with Crippen molar-refractivity contribution in [2.75, 3.05) is 13.2 Å². The van der Waals surface area contributed by atoms with Crippen LogP contribution in [-0.2, 0) is 0 Å². The van der Waals surface area contributed by atoms with Crippen LogP contribution in [-0.4, -0.2) is 32.9 Å². The van der Waals surface area contributed by atoms with Crippen LogP contribution in [0, 0.1) is 37.8 Å². The predicted octanol–water partition coefficient (Wildman–Crippen LogP) is 1.85. The normalized spacial score (nSPS) is 11.1. The maximum Gasteiger partial charge on any atom is 0.358 e. The molecule has 7 heteroatoms. The van der Waals surface area contributed by atoms with Crippen LogP contribution in [0.1, 0.15) is 22.4 Å². The summed E-state index contributed by atoms with van der Waals surface area (Å²) in [5.41, 5.74) is 4.00. The highest BCUT2D eigenvalue weighted by Crippen LogP contribution is 2.36. The standard InChI is InChI=1S/C13H17N3O4/c1-7-8(2)10(4)15-11(9(7)3)12(16(18)19)13(14-15)20-6-5-17/h17H,5-6H2,1-4H3. The Labute approximate surface area is 115 Å². The molecular formula is C13H17N3O4. The number of aromatic nitrogens is 2. The summed E-state index contributed by atoms with van der Waals surface area (Å²) in [6.07, 6.45) is 0.